The van der Waals surface area contributed by atoms with Crippen LogP contribution in [0.5, 0.6) is 0 Å². The van der Waals surface area contributed by atoms with Crippen LogP contribution in [-0.4, -0.2) is 63.2 Å². The number of carbonyl (C=O) groups excluding carboxylic acids is 2. The minimum Gasteiger partial charge on any atom is -0.463 e. The van der Waals surface area contributed by atoms with E-state index in [1.54, 1.807) is 0 Å². The highest BCUT2D eigenvalue weighted by Gasteiger charge is 2.34. The Morgan fingerprint density at radius 2 is 1.18 bits per heavy atom. The van der Waals surface area contributed by atoms with Gasteiger partial charge in [0.2, 0.25) is 0 Å². The number of unbranched alkanes of at least 4 members (excludes halogenated alkanes) is 14. The monoisotopic (exact) mass is 486 g/mol. The molecule has 0 radical (unpaired) electrons. The molecule has 0 aromatic rings. The van der Waals surface area contributed by atoms with E-state index in [2.05, 4.69) is 13.5 Å². The maximum Gasteiger partial charge on any atom is 0.305 e. The molecule has 4 N–H and O–H groups in total. The van der Waals surface area contributed by atoms with Crippen molar-refractivity contribution in [3.05, 3.63) is 12.7 Å². The topological polar surface area (TPSA) is 124 Å². The first-order chi connectivity index (χ1) is 16.3. The second-order valence-corrected chi connectivity index (χ2v) is 9.34. The second kappa shape index (κ2) is 22.2. The lowest BCUT2D eigenvalue weighted by Gasteiger charge is -2.25. The fourth-order valence-corrected chi connectivity index (χ4v) is 3.86. The zero-order valence-electron chi connectivity index (χ0n) is 21.3. The average Bonchev–Trinajstić information content (AvgIpc) is 2.83. The van der Waals surface area contributed by atoms with Crippen LogP contribution in [0.1, 0.15) is 116 Å². The summed E-state index contributed by atoms with van der Waals surface area (Å²) in [4.78, 5) is 23.3. The van der Waals surface area contributed by atoms with E-state index in [0.717, 1.165) is 12.8 Å². The molecular formula is C27H50O7. The molecule has 0 aliphatic heterocycles. The molecule has 0 heterocycles. The SMILES string of the molecule is C=CCC(=O)[C@H](O)[C@@H](O)[C@H](O)[C@H](O)COC(=O)CCCCCCCCCCCCCCCCC. The van der Waals surface area contributed by atoms with Gasteiger partial charge in [-0.15, -0.1) is 6.58 Å². The molecule has 0 fully saturated rings. The Morgan fingerprint density at radius 3 is 1.62 bits per heavy atom. The molecular weight excluding hydrogens is 436 g/mol. The fourth-order valence-electron chi connectivity index (χ4n) is 3.86. The van der Waals surface area contributed by atoms with E-state index in [1.165, 1.54) is 83.1 Å². The minimum absolute atomic E-state index is 0.171. The van der Waals surface area contributed by atoms with Crippen LogP contribution >= 0.6 is 0 Å². The van der Waals surface area contributed by atoms with Crippen LogP contribution in [0.3, 0.4) is 0 Å². The Hall–Kier alpha value is -1.28. The number of ketones is 1. The van der Waals surface area contributed by atoms with Gasteiger partial charge in [-0.3, -0.25) is 9.59 Å². The number of aliphatic hydroxyl groups is 4. The molecule has 4 atom stereocenters. The quantitative estimate of drug-likeness (QED) is 0.0906. The third kappa shape index (κ3) is 17.2. The van der Waals surface area contributed by atoms with Gasteiger partial charge in [-0.1, -0.05) is 103 Å². The summed E-state index contributed by atoms with van der Waals surface area (Å²) in [5.41, 5.74) is 0. The van der Waals surface area contributed by atoms with E-state index in [4.69, 9.17) is 4.74 Å². The van der Waals surface area contributed by atoms with E-state index in [-0.39, 0.29) is 12.8 Å². The standard InChI is InChI=1S/C27H50O7/c1-3-5-6-7-8-9-10-11-12-13-14-15-16-17-18-20-24(30)34-21-23(29)26(32)27(33)25(31)22(28)19-4-2/h4,23,25-27,29,31-33H,2-3,5-21H2,1H3/t23-,25+,26-,27-/m1/s1. The summed E-state index contributed by atoms with van der Waals surface area (Å²) >= 11 is 0. The molecule has 0 aromatic heterocycles. The highest BCUT2D eigenvalue weighted by molar-refractivity contribution is 5.84. The Morgan fingerprint density at radius 1 is 0.735 bits per heavy atom. The van der Waals surface area contributed by atoms with E-state index in [9.17, 15) is 30.0 Å². The summed E-state index contributed by atoms with van der Waals surface area (Å²) in [6.45, 7) is 5.09. The normalized spacial score (nSPS) is 14.9. The van der Waals surface area contributed by atoms with Gasteiger partial charge in [0.25, 0.3) is 0 Å². The third-order valence-electron chi connectivity index (χ3n) is 6.14. The Labute approximate surface area is 206 Å². The number of aliphatic hydroxyl groups excluding tert-OH is 4. The predicted octanol–water partition coefficient (Wildman–Crippen LogP) is 4.38. The first-order valence-electron chi connectivity index (χ1n) is 13.4. The Bertz CT molecular complexity index is 523. The molecule has 0 aliphatic rings. The largest absolute Gasteiger partial charge is 0.463 e. The number of esters is 1. The van der Waals surface area contributed by atoms with E-state index in [1.807, 2.05) is 0 Å². The molecule has 7 heteroatoms. The lowest BCUT2D eigenvalue weighted by atomic mass is 9.99. The first kappa shape index (κ1) is 32.7. The number of hydrogen-bond donors (Lipinski definition) is 4. The van der Waals surface area contributed by atoms with Gasteiger partial charge in [-0.05, 0) is 6.42 Å². The van der Waals surface area contributed by atoms with Crippen molar-refractivity contribution in [3.63, 3.8) is 0 Å². The van der Waals surface area contributed by atoms with Crippen LogP contribution in [0, 0.1) is 0 Å². The zero-order valence-corrected chi connectivity index (χ0v) is 21.3. The van der Waals surface area contributed by atoms with Crippen molar-refractivity contribution in [1.29, 1.82) is 0 Å². The molecule has 0 rings (SSSR count). The lowest BCUT2D eigenvalue weighted by Crippen LogP contribution is -2.49. The summed E-state index contributed by atoms with van der Waals surface area (Å²) in [6, 6.07) is 0. The number of allylic oxidation sites excluding steroid dienone is 1. The van der Waals surface area contributed by atoms with Crippen molar-refractivity contribution >= 4 is 11.8 Å². The van der Waals surface area contributed by atoms with Crippen LogP contribution in [0.25, 0.3) is 0 Å². The van der Waals surface area contributed by atoms with Crippen molar-refractivity contribution in [3.8, 4) is 0 Å². The van der Waals surface area contributed by atoms with Gasteiger partial charge in [0.1, 0.15) is 31.0 Å². The number of rotatable bonds is 24. The van der Waals surface area contributed by atoms with Crippen LogP contribution in [-0.2, 0) is 14.3 Å². The van der Waals surface area contributed by atoms with Crippen molar-refractivity contribution < 1.29 is 34.8 Å². The van der Waals surface area contributed by atoms with Crippen molar-refractivity contribution in [1.82, 2.24) is 0 Å². The first-order valence-corrected chi connectivity index (χ1v) is 13.4. The third-order valence-corrected chi connectivity index (χ3v) is 6.14. The molecule has 0 bridgehead atoms. The number of hydrogen-bond acceptors (Lipinski definition) is 7. The molecule has 0 spiro atoms. The molecule has 34 heavy (non-hydrogen) atoms. The summed E-state index contributed by atoms with van der Waals surface area (Å²) in [7, 11) is 0. The van der Waals surface area contributed by atoms with E-state index in [0.29, 0.717) is 6.42 Å². The minimum atomic E-state index is -1.88. The number of ether oxygens (including phenoxy) is 1. The molecule has 0 saturated heterocycles. The van der Waals surface area contributed by atoms with Gasteiger partial charge in [-0.25, -0.2) is 0 Å². The molecule has 0 aromatic carbocycles. The summed E-state index contributed by atoms with van der Waals surface area (Å²) in [6.07, 6.45) is 12.7. The molecule has 0 saturated carbocycles. The maximum atomic E-state index is 11.8. The van der Waals surface area contributed by atoms with Crippen LogP contribution in [0.2, 0.25) is 0 Å². The van der Waals surface area contributed by atoms with Crippen LogP contribution < -0.4 is 0 Å². The molecule has 200 valence electrons. The number of carbonyl (C=O) groups is 2. The fraction of sp³-hybridized carbons (Fsp3) is 0.852. The zero-order chi connectivity index (χ0) is 25.6. The van der Waals surface area contributed by atoms with Gasteiger partial charge in [0, 0.05) is 12.8 Å². The Balaban J connectivity index is 3.65. The highest BCUT2D eigenvalue weighted by Crippen LogP contribution is 2.14. The van der Waals surface area contributed by atoms with Crippen LogP contribution in [0.15, 0.2) is 12.7 Å². The molecule has 0 unspecified atom stereocenters. The summed E-state index contributed by atoms with van der Waals surface area (Å²) < 4.78 is 4.94. The maximum absolute atomic E-state index is 11.8. The summed E-state index contributed by atoms with van der Waals surface area (Å²) in [5, 5.41) is 39.3. The van der Waals surface area contributed by atoms with E-state index >= 15 is 0 Å². The van der Waals surface area contributed by atoms with Gasteiger partial charge in [0.15, 0.2) is 5.78 Å². The number of Topliss-reactive ketones (excluding diaryl/α,β-unsaturated/α-hetero) is 1. The van der Waals surface area contributed by atoms with Crippen LogP contribution in [0.4, 0.5) is 0 Å². The van der Waals surface area contributed by atoms with Crippen molar-refractivity contribution in [2.75, 3.05) is 6.61 Å². The summed E-state index contributed by atoms with van der Waals surface area (Å²) in [5.74, 6) is -1.21. The van der Waals surface area contributed by atoms with Gasteiger partial charge in [-0.2, -0.15) is 0 Å². The van der Waals surface area contributed by atoms with Crippen molar-refractivity contribution in [2.24, 2.45) is 0 Å². The van der Waals surface area contributed by atoms with Gasteiger partial charge in [0.05, 0.1) is 0 Å². The lowest BCUT2D eigenvalue weighted by molar-refractivity contribution is -0.158. The van der Waals surface area contributed by atoms with Gasteiger partial charge < -0.3 is 25.2 Å². The Kier molecular flexibility index (Phi) is 21.4. The van der Waals surface area contributed by atoms with Crippen molar-refractivity contribution in [2.45, 2.75) is 140 Å². The molecule has 0 amide bonds. The average molecular weight is 487 g/mol. The smallest absolute Gasteiger partial charge is 0.305 e. The highest BCUT2D eigenvalue weighted by atomic mass is 16.5. The predicted molar refractivity (Wildman–Crippen MR) is 134 cm³/mol. The van der Waals surface area contributed by atoms with Gasteiger partial charge >= 0.3 is 5.97 Å². The molecule has 0 aliphatic carbocycles. The van der Waals surface area contributed by atoms with E-state index < -0.39 is 42.8 Å². The molecule has 7 nitrogen and oxygen atoms in total. The second-order valence-electron chi connectivity index (χ2n) is 9.34.